The van der Waals surface area contributed by atoms with E-state index in [1.807, 2.05) is 6.07 Å². The minimum atomic E-state index is -0.927. The summed E-state index contributed by atoms with van der Waals surface area (Å²) in [5, 5.41) is 3.03. The topological polar surface area (TPSA) is 66.7 Å². The van der Waals surface area contributed by atoms with Gasteiger partial charge in [0, 0.05) is 24.7 Å². The van der Waals surface area contributed by atoms with E-state index in [-0.39, 0.29) is 23.1 Å². The number of likely N-dealkylation sites (tertiary alicyclic amines) is 1. The second-order valence-electron chi connectivity index (χ2n) is 7.36. The van der Waals surface area contributed by atoms with Crippen molar-refractivity contribution in [3.63, 3.8) is 0 Å². The number of fused-ring (bicyclic) bond motifs is 1. The highest BCUT2D eigenvalue weighted by Gasteiger charge is 2.29. The molecule has 0 aliphatic carbocycles. The lowest BCUT2D eigenvalue weighted by molar-refractivity contribution is -0.143. The predicted molar refractivity (Wildman–Crippen MR) is 112 cm³/mol. The number of hydrogen-bond donors (Lipinski definition) is 1. The summed E-state index contributed by atoms with van der Waals surface area (Å²) in [4.78, 5) is 33.6. The second-order valence-corrected chi connectivity index (χ2v) is 7.36. The van der Waals surface area contributed by atoms with Crippen LogP contribution in [-0.4, -0.2) is 34.8 Å². The lowest BCUT2D eigenvalue weighted by Gasteiger charge is -2.32. The van der Waals surface area contributed by atoms with Crippen molar-refractivity contribution in [3.8, 4) is 0 Å². The fourth-order valence-electron chi connectivity index (χ4n) is 3.88. The Labute approximate surface area is 177 Å². The third-order valence-corrected chi connectivity index (χ3v) is 5.48. The average Bonchev–Trinajstić information content (AvgIpc) is 2.79. The van der Waals surface area contributed by atoms with Crippen LogP contribution in [0.2, 0.25) is 0 Å². The Bertz CT molecular complexity index is 1210. The van der Waals surface area contributed by atoms with Gasteiger partial charge in [0.2, 0.25) is 0 Å². The third kappa shape index (κ3) is 4.21. The molecule has 2 aromatic carbocycles. The number of hydrogen-bond acceptors (Lipinski definition) is 3. The highest BCUT2D eigenvalue weighted by Crippen LogP contribution is 2.33. The number of piperidine rings is 1. The third-order valence-electron chi connectivity index (χ3n) is 5.48. The summed E-state index contributed by atoms with van der Waals surface area (Å²) in [6, 6.07) is 9.97. The number of nitrogens with one attached hydrogen (secondary N) is 1. The molecule has 2 amide bonds. The number of carbonyl (C=O) groups excluding carboxylic acids is 2. The Morgan fingerprint density at radius 3 is 2.58 bits per heavy atom. The average molecular weight is 420 g/mol. The van der Waals surface area contributed by atoms with Crippen LogP contribution >= 0.6 is 0 Å². The molecule has 0 bridgehead atoms. The van der Waals surface area contributed by atoms with Gasteiger partial charge < -0.3 is 10.2 Å². The number of nitrogens with zero attached hydrogens (tertiary/aromatic N) is 3. The number of halogens is 2. The van der Waals surface area contributed by atoms with Crippen LogP contribution in [0, 0.1) is 18.2 Å². The SMILES string of the molecule is [C-]#[N+]c1ccc(NC(=O)C(=O)N2CCC(c3ccnc4ccc(F)cc34)CC2)c(F)c1. The summed E-state index contributed by atoms with van der Waals surface area (Å²) in [5.41, 5.74) is 1.64. The molecule has 1 aliphatic heterocycles. The molecule has 1 aliphatic rings. The molecular formula is C23H18F2N4O2. The van der Waals surface area contributed by atoms with Crippen molar-refractivity contribution in [3.05, 3.63) is 77.3 Å². The Kier molecular flexibility index (Phi) is 5.58. The number of pyridine rings is 1. The lowest BCUT2D eigenvalue weighted by Crippen LogP contribution is -2.43. The number of aromatic nitrogens is 1. The first kappa shape index (κ1) is 20.4. The van der Waals surface area contributed by atoms with Gasteiger partial charge in [-0.1, -0.05) is 6.07 Å². The molecule has 31 heavy (non-hydrogen) atoms. The summed E-state index contributed by atoms with van der Waals surface area (Å²) in [6.45, 7) is 7.59. The maximum absolute atomic E-state index is 14.0. The highest BCUT2D eigenvalue weighted by molar-refractivity contribution is 6.39. The smallest absolute Gasteiger partial charge is 0.313 e. The van der Waals surface area contributed by atoms with Crippen molar-refractivity contribution >= 4 is 34.1 Å². The molecule has 0 saturated carbocycles. The Morgan fingerprint density at radius 2 is 1.87 bits per heavy atom. The van der Waals surface area contributed by atoms with E-state index in [1.165, 1.54) is 29.2 Å². The number of benzene rings is 2. The van der Waals surface area contributed by atoms with Crippen LogP contribution in [0.3, 0.4) is 0 Å². The van der Waals surface area contributed by atoms with Crippen LogP contribution in [0.25, 0.3) is 15.7 Å². The van der Waals surface area contributed by atoms with E-state index >= 15 is 0 Å². The molecule has 156 valence electrons. The van der Waals surface area contributed by atoms with Crippen LogP contribution < -0.4 is 5.32 Å². The van der Waals surface area contributed by atoms with Crippen molar-refractivity contribution < 1.29 is 18.4 Å². The molecule has 1 N–H and O–H groups in total. The van der Waals surface area contributed by atoms with E-state index in [4.69, 9.17) is 6.57 Å². The molecule has 1 aromatic heterocycles. The van der Waals surface area contributed by atoms with E-state index in [9.17, 15) is 18.4 Å². The van der Waals surface area contributed by atoms with Crippen LogP contribution in [0.5, 0.6) is 0 Å². The van der Waals surface area contributed by atoms with Gasteiger partial charge in [0.1, 0.15) is 11.6 Å². The quantitative estimate of drug-likeness (QED) is 0.493. The summed E-state index contributed by atoms with van der Waals surface area (Å²) < 4.78 is 27.7. The summed E-state index contributed by atoms with van der Waals surface area (Å²) >= 11 is 0. The van der Waals surface area contributed by atoms with E-state index < -0.39 is 17.6 Å². The second kappa shape index (κ2) is 8.48. The number of rotatable bonds is 2. The van der Waals surface area contributed by atoms with E-state index in [1.54, 1.807) is 12.3 Å². The predicted octanol–water partition coefficient (Wildman–Crippen LogP) is 4.41. The van der Waals surface area contributed by atoms with Gasteiger partial charge in [-0.15, -0.1) is 0 Å². The van der Waals surface area contributed by atoms with Gasteiger partial charge in [-0.3, -0.25) is 14.6 Å². The molecule has 1 fully saturated rings. The Balaban J connectivity index is 1.42. The molecular weight excluding hydrogens is 402 g/mol. The fourth-order valence-corrected chi connectivity index (χ4v) is 3.88. The summed E-state index contributed by atoms with van der Waals surface area (Å²) in [7, 11) is 0. The Morgan fingerprint density at radius 1 is 1.10 bits per heavy atom. The first-order chi connectivity index (χ1) is 15.0. The van der Waals surface area contributed by atoms with Crippen molar-refractivity contribution in [2.45, 2.75) is 18.8 Å². The fraction of sp³-hybridized carbons (Fsp3) is 0.217. The number of carbonyl (C=O) groups is 2. The molecule has 3 aromatic rings. The lowest BCUT2D eigenvalue weighted by atomic mass is 9.87. The molecule has 2 heterocycles. The van der Waals surface area contributed by atoms with E-state index in [0.717, 1.165) is 17.0 Å². The minimum absolute atomic E-state index is 0.104. The van der Waals surface area contributed by atoms with Gasteiger partial charge in [0.15, 0.2) is 5.69 Å². The molecule has 4 rings (SSSR count). The highest BCUT2D eigenvalue weighted by atomic mass is 19.1. The normalized spacial score (nSPS) is 14.3. The van der Waals surface area contributed by atoms with Crippen LogP contribution in [0.1, 0.15) is 24.3 Å². The van der Waals surface area contributed by atoms with Crippen molar-refractivity contribution in [1.82, 2.24) is 9.88 Å². The molecule has 0 atom stereocenters. The summed E-state index contributed by atoms with van der Waals surface area (Å²) in [5.74, 6) is -2.66. The summed E-state index contributed by atoms with van der Waals surface area (Å²) in [6.07, 6.45) is 2.92. The monoisotopic (exact) mass is 420 g/mol. The van der Waals surface area contributed by atoms with E-state index in [2.05, 4.69) is 15.1 Å². The first-order valence-corrected chi connectivity index (χ1v) is 9.77. The van der Waals surface area contributed by atoms with Crippen molar-refractivity contribution in [1.29, 1.82) is 0 Å². The van der Waals surface area contributed by atoms with Gasteiger partial charge in [0.25, 0.3) is 0 Å². The van der Waals surface area contributed by atoms with Gasteiger partial charge in [-0.05, 0) is 60.7 Å². The van der Waals surface area contributed by atoms with Crippen LogP contribution in [0.15, 0.2) is 48.7 Å². The first-order valence-electron chi connectivity index (χ1n) is 9.77. The number of amides is 2. The molecule has 1 saturated heterocycles. The molecule has 0 spiro atoms. The van der Waals surface area contributed by atoms with E-state index in [0.29, 0.717) is 31.4 Å². The zero-order valence-corrected chi connectivity index (χ0v) is 16.4. The Hall–Kier alpha value is -3.86. The van der Waals surface area contributed by atoms with Crippen molar-refractivity contribution in [2.75, 3.05) is 18.4 Å². The minimum Gasteiger partial charge on any atom is -0.334 e. The van der Waals surface area contributed by atoms with Crippen LogP contribution in [-0.2, 0) is 9.59 Å². The van der Waals surface area contributed by atoms with Gasteiger partial charge in [-0.25, -0.2) is 13.6 Å². The maximum Gasteiger partial charge on any atom is 0.313 e. The molecule has 0 radical (unpaired) electrons. The van der Waals surface area contributed by atoms with Gasteiger partial charge >= 0.3 is 11.8 Å². The number of anilines is 1. The van der Waals surface area contributed by atoms with Gasteiger partial charge in [0.05, 0.1) is 17.8 Å². The zero-order valence-electron chi connectivity index (χ0n) is 16.4. The zero-order chi connectivity index (χ0) is 22.0. The maximum atomic E-state index is 14.0. The standard InChI is InChI=1S/C23H18F2N4O2/c1-26-16-3-5-21(19(25)13-16)28-22(30)23(31)29-10-7-14(8-11-29)17-6-9-27-20-4-2-15(24)12-18(17)20/h2-6,9,12-14H,7-8,10-11H2,(H,28,30). The van der Waals surface area contributed by atoms with Crippen molar-refractivity contribution in [2.24, 2.45) is 0 Å². The molecule has 6 nitrogen and oxygen atoms in total. The molecule has 0 unspecified atom stereocenters. The largest absolute Gasteiger partial charge is 0.334 e. The van der Waals surface area contributed by atoms with Gasteiger partial charge in [-0.2, -0.15) is 0 Å². The molecule has 8 heteroatoms. The van der Waals surface area contributed by atoms with Crippen LogP contribution in [0.4, 0.5) is 20.2 Å².